The summed E-state index contributed by atoms with van der Waals surface area (Å²) < 4.78 is 5.56. The lowest BCUT2D eigenvalue weighted by atomic mass is 9.81. The summed E-state index contributed by atoms with van der Waals surface area (Å²) in [7, 11) is 0. The highest BCUT2D eigenvalue weighted by Gasteiger charge is 2.28. The normalized spacial score (nSPS) is 18.6. The Morgan fingerprint density at radius 3 is 2.94 bits per heavy atom. The third-order valence-electron chi connectivity index (χ3n) is 5.63. The lowest BCUT2D eigenvalue weighted by Crippen LogP contribution is -2.40. The van der Waals surface area contributed by atoms with Crippen LogP contribution in [0.1, 0.15) is 29.9 Å². The number of rotatable bonds is 9. The molecule has 1 fully saturated rings. The van der Waals surface area contributed by atoms with E-state index < -0.39 is 0 Å². The fourth-order valence-corrected chi connectivity index (χ4v) is 4.75. The number of carbonyl (C=O) groups excluding carboxylic acids is 1. The van der Waals surface area contributed by atoms with E-state index >= 15 is 0 Å². The van der Waals surface area contributed by atoms with Gasteiger partial charge in [0.15, 0.2) is 0 Å². The molecule has 162 valence electrons. The molecule has 1 amide bonds. The van der Waals surface area contributed by atoms with E-state index in [9.17, 15) is 4.79 Å². The van der Waals surface area contributed by atoms with Gasteiger partial charge in [-0.05, 0) is 61.5 Å². The smallest absolute Gasteiger partial charge is 0.220 e. The topological polar surface area (TPSA) is 80.0 Å². The quantitative estimate of drug-likeness (QED) is 0.496. The van der Waals surface area contributed by atoms with Crippen molar-refractivity contribution < 1.29 is 9.32 Å². The Bertz CT molecular complexity index is 948. The minimum absolute atomic E-state index is 0.0980. The Morgan fingerprint density at radius 1 is 1.19 bits per heavy atom. The highest BCUT2D eigenvalue weighted by atomic mass is 32.2. The van der Waals surface area contributed by atoms with Gasteiger partial charge in [-0.25, -0.2) is 0 Å². The van der Waals surface area contributed by atoms with Crippen LogP contribution < -0.4 is 10.6 Å². The van der Waals surface area contributed by atoms with Crippen molar-refractivity contribution in [3.63, 3.8) is 0 Å². The van der Waals surface area contributed by atoms with Crippen LogP contribution in [0.4, 0.5) is 0 Å². The van der Waals surface area contributed by atoms with E-state index in [0.717, 1.165) is 48.7 Å². The number of nitrogens with one attached hydrogen (secondary N) is 2. The molecular weight excluding hydrogens is 408 g/mol. The van der Waals surface area contributed by atoms with Crippen molar-refractivity contribution in [1.29, 1.82) is 0 Å². The second-order valence-electron chi connectivity index (χ2n) is 7.95. The Labute approximate surface area is 187 Å². The first-order valence-electron chi connectivity index (χ1n) is 10.7. The predicted octanol–water partition coefficient (Wildman–Crippen LogP) is 3.84. The largest absolute Gasteiger partial charge is 0.360 e. The van der Waals surface area contributed by atoms with Crippen LogP contribution in [0.5, 0.6) is 0 Å². The van der Waals surface area contributed by atoms with E-state index in [-0.39, 0.29) is 5.91 Å². The molecule has 3 heterocycles. The van der Waals surface area contributed by atoms with Crippen LogP contribution in [0.3, 0.4) is 0 Å². The van der Waals surface area contributed by atoms with Gasteiger partial charge in [-0.15, -0.1) is 11.8 Å². The molecule has 0 unspecified atom stereocenters. The molecule has 0 bridgehead atoms. The lowest BCUT2D eigenvalue weighted by Gasteiger charge is -2.31. The van der Waals surface area contributed by atoms with Crippen molar-refractivity contribution in [2.24, 2.45) is 11.8 Å². The van der Waals surface area contributed by atoms with Gasteiger partial charge in [0.1, 0.15) is 5.76 Å². The molecule has 7 heteroatoms. The van der Waals surface area contributed by atoms with Crippen LogP contribution in [-0.2, 0) is 23.5 Å². The van der Waals surface area contributed by atoms with Crippen LogP contribution in [0.15, 0.2) is 70.3 Å². The van der Waals surface area contributed by atoms with Crippen LogP contribution in [0, 0.1) is 11.8 Å². The molecule has 1 aromatic carbocycles. The number of benzene rings is 1. The van der Waals surface area contributed by atoms with Crippen LogP contribution in [0.25, 0.3) is 0 Å². The Balaban J connectivity index is 1.27. The summed E-state index contributed by atoms with van der Waals surface area (Å²) in [4.78, 5) is 17.8. The van der Waals surface area contributed by atoms with Crippen LogP contribution >= 0.6 is 11.8 Å². The summed E-state index contributed by atoms with van der Waals surface area (Å²) in [6, 6.07) is 16.2. The number of hydrogen-bond acceptors (Lipinski definition) is 6. The van der Waals surface area contributed by atoms with Crippen molar-refractivity contribution in [2.75, 3.05) is 13.1 Å². The third kappa shape index (κ3) is 6.67. The van der Waals surface area contributed by atoms with Crippen molar-refractivity contribution in [3.8, 4) is 0 Å². The van der Waals surface area contributed by atoms with Gasteiger partial charge in [0.25, 0.3) is 0 Å². The van der Waals surface area contributed by atoms with E-state index in [4.69, 9.17) is 4.52 Å². The Hall–Kier alpha value is -2.64. The molecule has 1 aliphatic rings. The fraction of sp³-hybridized carbons (Fsp3) is 0.375. The number of amides is 1. The Morgan fingerprint density at radius 2 is 2.10 bits per heavy atom. The maximum absolute atomic E-state index is 12.5. The van der Waals surface area contributed by atoms with Crippen LogP contribution in [-0.4, -0.2) is 29.1 Å². The van der Waals surface area contributed by atoms with E-state index in [1.165, 1.54) is 4.90 Å². The lowest BCUT2D eigenvalue weighted by molar-refractivity contribution is -0.122. The van der Waals surface area contributed by atoms with Crippen molar-refractivity contribution in [1.82, 2.24) is 20.8 Å². The molecule has 2 atom stereocenters. The number of piperidine rings is 1. The average Bonchev–Trinajstić information content (AvgIpc) is 3.26. The van der Waals surface area contributed by atoms with E-state index in [0.29, 0.717) is 24.8 Å². The maximum atomic E-state index is 12.5. The highest BCUT2D eigenvalue weighted by molar-refractivity contribution is 7.98. The molecule has 1 aliphatic heterocycles. The molecule has 3 aromatic rings. The van der Waals surface area contributed by atoms with Crippen molar-refractivity contribution >= 4 is 17.7 Å². The van der Waals surface area contributed by atoms with Gasteiger partial charge in [-0.3, -0.25) is 9.78 Å². The molecule has 4 rings (SSSR count). The SMILES string of the molecule is O=C(C[C@@H]1CCNC[C@H]1Cc1cc(CSc2ccccc2)on1)NCc1cccnc1. The zero-order valence-corrected chi connectivity index (χ0v) is 18.3. The molecule has 2 N–H and O–H groups in total. The minimum atomic E-state index is 0.0980. The number of hydrogen-bond donors (Lipinski definition) is 2. The van der Waals surface area contributed by atoms with Gasteiger partial charge in [0.2, 0.25) is 5.91 Å². The fourth-order valence-electron chi connectivity index (χ4n) is 3.96. The summed E-state index contributed by atoms with van der Waals surface area (Å²) in [6.07, 6.45) is 5.89. The molecule has 0 radical (unpaired) electrons. The Kier molecular flexibility index (Phi) is 7.74. The summed E-state index contributed by atoms with van der Waals surface area (Å²) in [5.74, 6) is 2.46. The second kappa shape index (κ2) is 11.1. The molecule has 1 saturated heterocycles. The summed E-state index contributed by atoms with van der Waals surface area (Å²) in [5.41, 5.74) is 1.99. The van der Waals surface area contributed by atoms with Gasteiger partial charge < -0.3 is 15.2 Å². The summed E-state index contributed by atoms with van der Waals surface area (Å²) in [5, 5.41) is 10.8. The first-order chi connectivity index (χ1) is 15.3. The van der Waals surface area contributed by atoms with E-state index in [1.54, 1.807) is 24.2 Å². The first kappa shape index (κ1) is 21.6. The van der Waals surface area contributed by atoms with Gasteiger partial charge in [0.05, 0.1) is 11.4 Å². The minimum Gasteiger partial charge on any atom is -0.360 e. The zero-order valence-electron chi connectivity index (χ0n) is 17.5. The number of nitrogens with zero attached hydrogens (tertiary/aromatic N) is 2. The van der Waals surface area contributed by atoms with E-state index in [2.05, 4.69) is 39.0 Å². The monoisotopic (exact) mass is 436 g/mol. The molecule has 0 aliphatic carbocycles. The number of carbonyl (C=O) groups is 1. The number of thioether (sulfide) groups is 1. The number of pyridine rings is 1. The second-order valence-corrected chi connectivity index (χ2v) is 8.99. The van der Waals surface area contributed by atoms with Gasteiger partial charge in [-0.2, -0.15) is 0 Å². The van der Waals surface area contributed by atoms with E-state index in [1.807, 2.05) is 30.3 Å². The summed E-state index contributed by atoms with van der Waals surface area (Å²) in [6.45, 7) is 2.38. The highest BCUT2D eigenvalue weighted by Crippen LogP contribution is 2.27. The zero-order chi connectivity index (χ0) is 21.3. The number of aromatic nitrogens is 2. The maximum Gasteiger partial charge on any atom is 0.220 e. The molecule has 6 nitrogen and oxygen atoms in total. The van der Waals surface area contributed by atoms with Gasteiger partial charge >= 0.3 is 0 Å². The average molecular weight is 437 g/mol. The first-order valence-corrected chi connectivity index (χ1v) is 11.7. The molecular formula is C24H28N4O2S. The molecule has 31 heavy (non-hydrogen) atoms. The van der Waals surface area contributed by atoms with Crippen molar-refractivity contribution in [2.45, 2.75) is 36.5 Å². The van der Waals surface area contributed by atoms with Crippen molar-refractivity contribution in [3.05, 3.63) is 77.9 Å². The molecule has 0 saturated carbocycles. The molecule has 2 aromatic heterocycles. The molecule has 0 spiro atoms. The summed E-state index contributed by atoms with van der Waals surface area (Å²) >= 11 is 1.74. The standard InChI is InChI=1S/C24H28N4O2S/c29-24(27-15-18-5-4-9-25-14-18)12-19-8-10-26-16-20(19)11-21-13-22(30-28-21)17-31-23-6-2-1-3-7-23/h1-7,9,13-14,19-20,26H,8,10-12,15-17H2,(H,27,29)/t19-,20+/m0/s1. The van der Waals surface area contributed by atoms with Gasteiger partial charge in [-0.1, -0.05) is 29.4 Å². The third-order valence-corrected chi connectivity index (χ3v) is 6.66. The van der Waals surface area contributed by atoms with Crippen LogP contribution in [0.2, 0.25) is 0 Å². The predicted molar refractivity (Wildman–Crippen MR) is 121 cm³/mol. The van der Waals surface area contributed by atoms with Gasteiger partial charge in [0, 0.05) is 36.3 Å².